The summed E-state index contributed by atoms with van der Waals surface area (Å²) in [4.78, 5) is 2.41. The van der Waals surface area contributed by atoms with E-state index in [1.54, 1.807) is 0 Å². The van der Waals surface area contributed by atoms with Crippen LogP contribution < -0.4 is 5.73 Å². The third-order valence-electron chi connectivity index (χ3n) is 2.18. The van der Waals surface area contributed by atoms with Crippen LogP contribution in [-0.2, 0) is 4.74 Å². The predicted octanol–water partition coefficient (Wildman–Crippen LogP) is 0.446. The molecule has 0 amide bonds. The van der Waals surface area contributed by atoms with Crippen molar-refractivity contribution in [3.05, 3.63) is 0 Å². The van der Waals surface area contributed by atoms with Crippen molar-refractivity contribution < 1.29 is 4.74 Å². The highest BCUT2D eigenvalue weighted by Gasteiger charge is 2.15. The van der Waals surface area contributed by atoms with Gasteiger partial charge in [-0.1, -0.05) is 0 Å². The van der Waals surface area contributed by atoms with Crippen molar-refractivity contribution in [1.29, 1.82) is 0 Å². The van der Waals surface area contributed by atoms with Gasteiger partial charge in [0.1, 0.15) is 0 Å². The number of morpholine rings is 1. The zero-order chi connectivity index (χ0) is 9.03. The van der Waals surface area contributed by atoms with E-state index in [0.717, 1.165) is 39.3 Å². The third-order valence-corrected chi connectivity index (χ3v) is 2.18. The molecule has 72 valence electrons. The van der Waals surface area contributed by atoms with E-state index < -0.39 is 0 Å². The van der Waals surface area contributed by atoms with Crippen LogP contribution in [0.2, 0.25) is 0 Å². The smallest absolute Gasteiger partial charge is 0.0594 e. The van der Waals surface area contributed by atoms with Gasteiger partial charge in [-0.3, -0.25) is 4.90 Å². The van der Waals surface area contributed by atoms with E-state index in [2.05, 4.69) is 18.7 Å². The molecule has 1 rings (SSSR count). The van der Waals surface area contributed by atoms with E-state index in [0.29, 0.717) is 0 Å². The number of ether oxygens (including phenoxy) is 1. The molecule has 3 nitrogen and oxygen atoms in total. The number of nitrogens with zero attached hydrogens (tertiary/aromatic N) is 1. The average Bonchev–Trinajstić information content (AvgIpc) is 2.02. The molecule has 0 aromatic rings. The first kappa shape index (κ1) is 9.96. The summed E-state index contributed by atoms with van der Waals surface area (Å²) in [5, 5.41) is 0. The van der Waals surface area contributed by atoms with Crippen LogP contribution in [0.25, 0.3) is 0 Å². The zero-order valence-electron chi connectivity index (χ0n) is 8.18. The Morgan fingerprint density at radius 2 is 1.92 bits per heavy atom. The molecular formula is C9H20N2O. The normalized spacial score (nSPS) is 21.2. The minimum absolute atomic E-state index is 0.0295. The van der Waals surface area contributed by atoms with Crippen LogP contribution in [0, 0.1) is 0 Å². The monoisotopic (exact) mass is 172 g/mol. The first-order valence-corrected chi connectivity index (χ1v) is 4.67. The first-order valence-electron chi connectivity index (χ1n) is 4.67. The lowest BCUT2D eigenvalue weighted by molar-refractivity contribution is 0.0352. The van der Waals surface area contributed by atoms with Gasteiger partial charge in [0, 0.05) is 25.2 Å². The molecule has 0 saturated carbocycles. The maximum atomic E-state index is 5.89. The summed E-state index contributed by atoms with van der Waals surface area (Å²) in [6, 6.07) is 0. The van der Waals surface area contributed by atoms with Crippen LogP contribution in [0.3, 0.4) is 0 Å². The Kier molecular flexibility index (Phi) is 3.50. The standard InChI is InChI=1S/C9H20N2O/c1-9(2,10)3-4-11-5-7-12-8-6-11/h3-8,10H2,1-2H3. The van der Waals surface area contributed by atoms with Crippen LogP contribution in [0.15, 0.2) is 0 Å². The maximum Gasteiger partial charge on any atom is 0.0594 e. The van der Waals surface area contributed by atoms with Crippen LogP contribution in [0.1, 0.15) is 20.3 Å². The molecule has 1 saturated heterocycles. The maximum absolute atomic E-state index is 5.89. The molecule has 0 unspecified atom stereocenters. The Hall–Kier alpha value is -0.120. The minimum atomic E-state index is -0.0295. The van der Waals surface area contributed by atoms with Crippen molar-refractivity contribution in [3.8, 4) is 0 Å². The molecule has 1 fully saturated rings. The van der Waals surface area contributed by atoms with E-state index in [-0.39, 0.29) is 5.54 Å². The molecule has 2 N–H and O–H groups in total. The second kappa shape index (κ2) is 4.21. The highest BCUT2D eigenvalue weighted by atomic mass is 16.5. The SMILES string of the molecule is CC(C)(N)CCN1CCOCC1. The van der Waals surface area contributed by atoms with Crippen molar-refractivity contribution in [2.24, 2.45) is 5.73 Å². The van der Waals surface area contributed by atoms with Gasteiger partial charge in [0.2, 0.25) is 0 Å². The van der Waals surface area contributed by atoms with E-state index in [9.17, 15) is 0 Å². The molecule has 0 radical (unpaired) electrons. The van der Waals surface area contributed by atoms with Crippen molar-refractivity contribution >= 4 is 0 Å². The van der Waals surface area contributed by atoms with Gasteiger partial charge < -0.3 is 10.5 Å². The molecule has 0 spiro atoms. The number of hydrogen-bond acceptors (Lipinski definition) is 3. The number of rotatable bonds is 3. The van der Waals surface area contributed by atoms with Crippen LogP contribution in [0.4, 0.5) is 0 Å². The van der Waals surface area contributed by atoms with Crippen molar-refractivity contribution in [3.63, 3.8) is 0 Å². The van der Waals surface area contributed by atoms with E-state index >= 15 is 0 Å². The van der Waals surface area contributed by atoms with E-state index in [4.69, 9.17) is 10.5 Å². The molecule has 0 bridgehead atoms. The van der Waals surface area contributed by atoms with Crippen molar-refractivity contribution in [2.75, 3.05) is 32.8 Å². The number of hydrogen-bond donors (Lipinski definition) is 1. The second-order valence-corrected chi connectivity index (χ2v) is 4.19. The molecule has 0 atom stereocenters. The fourth-order valence-electron chi connectivity index (χ4n) is 1.27. The van der Waals surface area contributed by atoms with E-state index in [1.807, 2.05) is 0 Å². The molecule has 12 heavy (non-hydrogen) atoms. The Balaban J connectivity index is 2.13. The summed E-state index contributed by atoms with van der Waals surface area (Å²) in [5.74, 6) is 0. The van der Waals surface area contributed by atoms with Gasteiger partial charge in [-0.15, -0.1) is 0 Å². The quantitative estimate of drug-likeness (QED) is 0.671. The largest absolute Gasteiger partial charge is 0.379 e. The van der Waals surface area contributed by atoms with Gasteiger partial charge in [0.05, 0.1) is 13.2 Å². The summed E-state index contributed by atoms with van der Waals surface area (Å²) < 4.78 is 5.26. The Labute approximate surface area is 74.9 Å². The molecule has 1 heterocycles. The van der Waals surface area contributed by atoms with Gasteiger partial charge in [-0.2, -0.15) is 0 Å². The van der Waals surface area contributed by atoms with Gasteiger partial charge in [0.25, 0.3) is 0 Å². The lowest BCUT2D eigenvalue weighted by Gasteiger charge is -2.29. The van der Waals surface area contributed by atoms with Gasteiger partial charge >= 0.3 is 0 Å². The first-order chi connectivity index (χ1) is 5.58. The molecule has 0 aromatic carbocycles. The van der Waals surface area contributed by atoms with Crippen LogP contribution in [-0.4, -0.2) is 43.3 Å². The minimum Gasteiger partial charge on any atom is -0.379 e. The number of nitrogens with two attached hydrogens (primary N) is 1. The van der Waals surface area contributed by atoms with Gasteiger partial charge in [0.15, 0.2) is 0 Å². The van der Waals surface area contributed by atoms with Gasteiger partial charge in [-0.05, 0) is 20.3 Å². The summed E-state index contributed by atoms with van der Waals surface area (Å²) in [5.41, 5.74) is 5.87. The highest BCUT2D eigenvalue weighted by molar-refractivity contribution is 4.74. The summed E-state index contributed by atoms with van der Waals surface area (Å²) >= 11 is 0. The van der Waals surface area contributed by atoms with Crippen molar-refractivity contribution in [2.45, 2.75) is 25.8 Å². The predicted molar refractivity (Wildman–Crippen MR) is 50.1 cm³/mol. The van der Waals surface area contributed by atoms with Crippen LogP contribution >= 0.6 is 0 Å². The molecular weight excluding hydrogens is 152 g/mol. The van der Waals surface area contributed by atoms with Gasteiger partial charge in [-0.25, -0.2) is 0 Å². The summed E-state index contributed by atoms with van der Waals surface area (Å²) in [6.45, 7) is 9.15. The second-order valence-electron chi connectivity index (χ2n) is 4.19. The summed E-state index contributed by atoms with van der Waals surface area (Å²) in [6.07, 6.45) is 1.06. The Morgan fingerprint density at radius 3 is 2.42 bits per heavy atom. The lowest BCUT2D eigenvalue weighted by atomic mass is 10.0. The Morgan fingerprint density at radius 1 is 1.33 bits per heavy atom. The molecule has 0 aliphatic carbocycles. The van der Waals surface area contributed by atoms with Crippen LogP contribution in [0.5, 0.6) is 0 Å². The third kappa shape index (κ3) is 4.04. The Bertz CT molecular complexity index is 125. The fourth-order valence-corrected chi connectivity index (χ4v) is 1.27. The molecule has 3 heteroatoms. The van der Waals surface area contributed by atoms with Crippen molar-refractivity contribution in [1.82, 2.24) is 4.90 Å². The van der Waals surface area contributed by atoms with E-state index in [1.165, 1.54) is 0 Å². The molecule has 0 aromatic heterocycles. The fraction of sp³-hybridized carbons (Fsp3) is 1.00. The molecule has 1 aliphatic rings. The zero-order valence-corrected chi connectivity index (χ0v) is 8.18. The highest BCUT2D eigenvalue weighted by Crippen LogP contribution is 2.06. The topological polar surface area (TPSA) is 38.5 Å². The average molecular weight is 172 g/mol. The summed E-state index contributed by atoms with van der Waals surface area (Å²) in [7, 11) is 0. The lowest BCUT2D eigenvalue weighted by Crippen LogP contribution is -2.41. The molecule has 1 aliphatic heterocycles.